The van der Waals surface area contributed by atoms with Crippen LogP contribution in [-0.4, -0.2) is 19.1 Å². The number of hydrogen-bond donors (Lipinski definition) is 0. The van der Waals surface area contributed by atoms with E-state index in [4.69, 9.17) is 0 Å². The van der Waals surface area contributed by atoms with Crippen LogP contribution in [-0.2, 0) is 12.5 Å². The topological polar surface area (TPSA) is 8.81 Å². The molecule has 35 heavy (non-hydrogen) atoms. The number of aromatic nitrogens is 2. The first kappa shape index (κ1) is 22.6. The monoisotopic (exact) mass is 525 g/mol. The molecule has 0 aliphatic heterocycles. The molecule has 3 heterocycles. The average Bonchev–Trinajstić information content (AvgIpc) is 3.32. The van der Waals surface area contributed by atoms with Crippen LogP contribution in [0.4, 0.5) is 0 Å². The zero-order chi connectivity index (χ0) is 24.6. The Kier molecular flexibility index (Phi) is 5.04. The number of rotatable bonds is 2. The van der Waals surface area contributed by atoms with Crippen molar-refractivity contribution in [3.8, 4) is 5.82 Å². The van der Waals surface area contributed by atoms with Gasteiger partial charge in [0.2, 0.25) is 0 Å². The Balaban J connectivity index is 1.82. The first-order chi connectivity index (χ1) is 16.6. The van der Waals surface area contributed by atoms with Crippen molar-refractivity contribution >= 4 is 55.6 Å². The van der Waals surface area contributed by atoms with Crippen LogP contribution in [0.5, 0.6) is 0 Å². The third-order valence-electron chi connectivity index (χ3n) is 7.56. The summed E-state index contributed by atoms with van der Waals surface area (Å²) in [7, 11) is 2.17. The van der Waals surface area contributed by atoms with E-state index in [1.165, 1.54) is 63.6 Å². The Morgan fingerprint density at radius 1 is 0.829 bits per heavy atom. The molecule has 0 bridgehead atoms. The molecule has 6 aromatic rings. The second kappa shape index (κ2) is 7.82. The van der Waals surface area contributed by atoms with Crippen molar-refractivity contribution in [2.75, 3.05) is 0 Å². The van der Waals surface area contributed by atoms with E-state index in [0.717, 1.165) is 0 Å². The summed E-state index contributed by atoms with van der Waals surface area (Å²) >= 11 is 0.342. The molecule has 3 heteroatoms. The number of hydrogen-bond acceptors (Lipinski definition) is 0. The summed E-state index contributed by atoms with van der Waals surface area (Å²) in [6.45, 7) is 13.8. The molecule has 6 rings (SSSR count). The van der Waals surface area contributed by atoms with Gasteiger partial charge in [-0.15, -0.1) is 0 Å². The van der Waals surface area contributed by atoms with Crippen molar-refractivity contribution in [2.24, 2.45) is 7.05 Å². The normalized spacial score (nSPS) is 12.7. The van der Waals surface area contributed by atoms with E-state index in [1.807, 2.05) is 0 Å². The molecule has 0 saturated carbocycles. The van der Waals surface area contributed by atoms with Crippen LogP contribution in [0, 0.1) is 6.92 Å². The van der Waals surface area contributed by atoms with Gasteiger partial charge >= 0.3 is 214 Å². The Hall–Kier alpha value is -2.87. The molecule has 0 saturated heterocycles. The fraction of sp³-hybridized carbons (Fsp3) is 0.281. The van der Waals surface area contributed by atoms with Gasteiger partial charge < -0.3 is 0 Å². The van der Waals surface area contributed by atoms with Gasteiger partial charge in [0.1, 0.15) is 0 Å². The summed E-state index contributed by atoms with van der Waals surface area (Å²) in [5, 5.41) is 5.54. The standard InChI is InChI=1S/C32H33N2Se/c1-19(2)22-12-13-24-25-17-26-23-10-8-9-11-28(23)35-29(26)18-27(25)34(31(24)20(22)3)30-16-21(32(4,5)6)14-15-33(30)7/h8-19H,1-7H3/q+1. The summed E-state index contributed by atoms with van der Waals surface area (Å²) < 4.78 is 7.81. The Bertz CT molecular complexity index is 1770. The van der Waals surface area contributed by atoms with E-state index in [9.17, 15) is 0 Å². The average molecular weight is 525 g/mol. The third kappa shape index (κ3) is 3.40. The first-order valence-electron chi connectivity index (χ1n) is 12.5. The molecule has 0 spiro atoms. The molecular weight excluding hydrogens is 491 g/mol. The van der Waals surface area contributed by atoms with Crippen LogP contribution in [0.2, 0.25) is 0 Å². The van der Waals surface area contributed by atoms with Crippen molar-refractivity contribution in [2.45, 2.75) is 52.9 Å². The number of benzene rings is 3. The zero-order valence-corrected chi connectivity index (χ0v) is 23.4. The van der Waals surface area contributed by atoms with Gasteiger partial charge in [0.05, 0.1) is 0 Å². The molecule has 176 valence electrons. The predicted molar refractivity (Wildman–Crippen MR) is 151 cm³/mol. The fourth-order valence-corrected chi connectivity index (χ4v) is 7.96. The molecule has 0 N–H and O–H groups in total. The quantitative estimate of drug-likeness (QED) is 0.162. The molecule has 0 unspecified atom stereocenters. The van der Waals surface area contributed by atoms with Crippen molar-refractivity contribution in [1.82, 2.24) is 4.57 Å². The van der Waals surface area contributed by atoms with Gasteiger partial charge in [-0.2, -0.15) is 0 Å². The van der Waals surface area contributed by atoms with Crippen LogP contribution in [0.25, 0.3) is 46.9 Å². The fourth-order valence-electron chi connectivity index (χ4n) is 5.61. The number of aryl methyl sites for hydroxylation is 2. The first-order valence-corrected chi connectivity index (χ1v) is 14.3. The van der Waals surface area contributed by atoms with E-state index in [2.05, 4.69) is 125 Å². The van der Waals surface area contributed by atoms with E-state index < -0.39 is 0 Å². The van der Waals surface area contributed by atoms with E-state index in [-0.39, 0.29) is 5.41 Å². The SMILES string of the molecule is Cc1c(C(C)C)ccc2c3cc4c(cc3n(-c3cc(C(C)(C)C)cc[n+]3C)c12)[se]c1ccccc14. The van der Waals surface area contributed by atoms with Gasteiger partial charge in [-0.1, -0.05) is 0 Å². The van der Waals surface area contributed by atoms with E-state index >= 15 is 0 Å². The van der Waals surface area contributed by atoms with Gasteiger partial charge in [-0.05, 0) is 0 Å². The van der Waals surface area contributed by atoms with Crippen molar-refractivity contribution in [3.63, 3.8) is 0 Å². The van der Waals surface area contributed by atoms with Gasteiger partial charge in [-0.3, -0.25) is 0 Å². The molecule has 0 amide bonds. The van der Waals surface area contributed by atoms with Crippen LogP contribution in [0.1, 0.15) is 57.2 Å². The summed E-state index contributed by atoms with van der Waals surface area (Å²) in [5.74, 6) is 1.71. The summed E-state index contributed by atoms with van der Waals surface area (Å²) in [6, 6.07) is 23.3. The van der Waals surface area contributed by atoms with Crippen molar-refractivity contribution in [3.05, 3.63) is 83.6 Å². The van der Waals surface area contributed by atoms with Gasteiger partial charge in [0.25, 0.3) is 0 Å². The second-order valence-electron chi connectivity index (χ2n) is 11.3. The summed E-state index contributed by atoms with van der Waals surface area (Å²) in [4.78, 5) is 0. The van der Waals surface area contributed by atoms with Crippen molar-refractivity contribution in [1.29, 1.82) is 0 Å². The third-order valence-corrected chi connectivity index (χ3v) is 9.94. The maximum absolute atomic E-state index is 2.54. The molecule has 0 aliphatic rings. The zero-order valence-electron chi connectivity index (χ0n) is 21.7. The van der Waals surface area contributed by atoms with Crippen LogP contribution < -0.4 is 4.57 Å². The Morgan fingerprint density at radius 3 is 2.34 bits per heavy atom. The van der Waals surface area contributed by atoms with Crippen LogP contribution >= 0.6 is 0 Å². The minimum atomic E-state index is 0.0892. The molecule has 0 fully saturated rings. The number of nitrogens with zero attached hydrogens (tertiary/aromatic N) is 2. The molecule has 0 radical (unpaired) electrons. The van der Waals surface area contributed by atoms with Gasteiger partial charge in [-0.25, -0.2) is 0 Å². The minimum absolute atomic E-state index is 0.0892. The molecule has 0 atom stereocenters. The van der Waals surface area contributed by atoms with Gasteiger partial charge in [0.15, 0.2) is 0 Å². The van der Waals surface area contributed by atoms with Crippen LogP contribution in [0.15, 0.2) is 66.9 Å². The maximum atomic E-state index is 2.54. The summed E-state index contributed by atoms with van der Waals surface area (Å²) in [5.41, 5.74) is 6.93. The molecule has 2 nitrogen and oxygen atoms in total. The van der Waals surface area contributed by atoms with E-state index in [1.54, 1.807) is 0 Å². The summed E-state index contributed by atoms with van der Waals surface area (Å²) in [6.07, 6.45) is 2.22. The van der Waals surface area contributed by atoms with Crippen LogP contribution in [0.3, 0.4) is 0 Å². The van der Waals surface area contributed by atoms with Crippen molar-refractivity contribution < 1.29 is 4.57 Å². The second-order valence-corrected chi connectivity index (χ2v) is 13.5. The Morgan fingerprint density at radius 2 is 1.60 bits per heavy atom. The molecular formula is C32H33N2Se+. The molecule has 3 aromatic heterocycles. The Labute approximate surface area is 213 Å². The molecule has 0 aliphatic carbocycles. The number of pyridine rings is 1. The number of fused-ring (bicyclic) bond motifs is 6. The molecule has 3 aromatic carbocycles. The van der Waals surface area contributed by atoms with E-state index in [0.29, 0.717) is 20.4 Å². The predicted octanol–water partition coefficient (Wildman–Crippen LogP) is 7.70. The van der Waals surface area contributed by atoms with Gasteiger partial charge in [0, 0.05) is 0 Å².